The number of H-pyrrole nitrogens is 2. The first-order chi connectivity index (χ1) is 14.5. The number of fused-ring (bicyclic) bond motifs is 1. The Balaban J connectivity index is 1.29. The van der Waals surface area contributed by atoms with Gasteiger partial charge in [0.05, 0.1) is 11.9 Å². The molecule has 0 fully saturated rings. The quantitative estimate of drug-likeness (QED) is 0.409. The second kappa shape index (κ2) is 8.19. The van der Waals surface area contributed by atoms with Crippen LogP contribution in [0.3, 0.4) is 0 Å². The van der Waals surface area contributed by atoms with Gasteiger partial charge in [-0.05, 0) is 24.1 Å². The van der Waals surface area contributed by atoms with Crippen LogP contribution in [0, 0.1) is 0 Å². The fourth-order valence-electron chi connectivity index (χ4n) is 3.15. The Kier molecular flexibility index (Phi) is 5.29. The van der Waals surface area contributed by atoms with E-state index >= 15 is 0 Å². The highest BCUT2D eigenvalue weighted by molar-refractivity contribution is 5.76. The van der Waals surface area contributed by atoms with E-state index in [1.165, 1.54) is 11.6 Å². The first-order valence-electron chi connectivity index (χ1n) is 9.55. The first kappa shape index (κ1) is 19.4. The number of para-hydroxylation sites is 1. The van der Waals surface area contributed by atoms with Crippen LogP contribution in [0.5, 0.6) is 0 Å². The lowest BCUT2D eigenvalue weighted by molar-refractivity contribution is -0.121. The fourth-order valence-corrected chi connectivity index (χ4v) is 3.15. The Morgan fingerprint density at radius 2 is 1.93 bits per heavy atom. The lowest BCUT2D eigenvalue weighted by Gasteiger charge is -2.03. The smallest absolute Gasteiger partial charge is 0.329 e. The van der Waals surface area contributed by atoms with E-state index in [-0.39, 0.29) is 23.5 Å². The van der Waals surface area contributed by atoms with Gasteiger partial charge in [-0.2, -0.15) is 5.10 Å². The summed E-state index contributed by atoms with van der Waals surface area (Å²) in [4.78, 5) is 45.0. The number of nitrogens with zero attached hydrogens (tertiary/aromatic N) is 4. The SMILES string of the molecule is Cn1c(=O)[nH]c(=O)c2[nH]c(CCC(=O)NCCc3cnn(-c4ccccc4)c3)nc21. The maximum atomic E-state index is 12.1. The Hall–Kier alpha value is -3.95. The summed E-state index contributed by atoms with van der Waals surface area (Å²) >= 11 is 0. The summed E-state index contributed by atoms with van der Waals surface area (Å²) in [6, 6.07) is 9.81. The predicted molar refractivity (Wildman–Crippen MR) is 111 cm³/mol. The number of aromatic nitrogens is 6. The van der Waals surface area contributed by atoms with Gasteiger partial charge in [0.1, 0.15) is 11.3 Å². The highest BCUT2D eigenvalue weighted by atomic mass is 16.2. The summed E-state index contributed by atoms with van der Waals surface area (Å²) in [5.74, 6) is 0.365. The van der Waals surface area contributed by atoms with Crippen LogP contribution in [0.1, 0.15) is 17.8 Å². The summed E-state index contributed by atoms with van der Waals surface area (Å²) in [6.45, 7) is 0.494. The number of nitrogens with one attached hydrogen (secondary N) is 3. The molecule has 0 aliphatic heterocycles. The molecule has 0 aliphatic rings. The lowest BCUT2D eigenvalue weighted by Crippen LogP contribution is -2.28. The Morgan fingerprint density at radius 3 is 2.73 bits per heavy atom. The number of amides is 1. The molecule has 10 heteroatoms. The topological polar surface area (TPSA) is 130 Å². The third-order valence-electron chi connectivity index (χ3n) is 4.79. The van der Waals surface area contributed by atoms with Crippen molar-refractivity contribution >= 4 is 17.1 Å². The molecule has 10 nitrogen and oxygen atoms in total. The van der Waals surface area contributed by atoms with Gasteiger partial charge in [-0.3, -0.25) is 19.1 Å². The number of carbonyl (C=O) groups excluding carboxylic acids is 1. The summed E-state index contributed by atoms with van der Waals surface area (Å²) in [5.41, 5.74) is 1.45. The molecule has 30 heavy (non-hydrogen) atoms. The van der Waals surface area contributed by atoms with Crippen molar-refractivity contribution in [1.82, 2.24) is 34.6 Å². The van der Waals surface area contributed by atoms with Crippen molar-refractivity contribution in [3.05, 3.63) is 75.0 Å². The van der Waals surface area contributed by atoms with Gasteiger partial charge in [0.15, 0.2) is 5.65 Å². The minimum atomic E-state index is -0.529. The summed E-state index contributed by atoms with van der Waals surface area (Å²) in [6.07, 6.45) is 4.95. The predicted octanol–water partition coefficient (Wildman–Crippen LogP) is 0.427. The van der Waals surface area contributed by atoms with Crippen molar-refractivity contribution in [3.63, 3.8) is 0 Å². The van der Waals surface area contributed by atoms with Gasteiger partial charge in [0.2, 0.25) is 5.91 Å². The van der Waals surface area contributed by atoms with E-state index in [4.69, 9.17) is 0 Å². The molecule has 1 amide bonds. The molecule has 0 spiro atoms. The number of aryl methyl sites for hydroxylation is 2. The fraction of sp³-hybridized carbons (Fsp3) is 0.250. The van der Waals surface area contributed by atoms with Gasteiger partial charge in [-0.25, -0.2) is 14.5 Å². The van der Waals surface area contributed by atoms with Crippen molar-refractivity contribution in [1.29, 1.82) is 0 Å². The number of benzene rings is 1. The molecule has 3 N–H and O–H groups in total. The van der Waals surface area contributed by atoms with E-state index in [2.05, 4.69) is 25.4 Å². The van der Waals surface area contributed by atoms with E-state index < -0.39 is 11.2 Å². The molecule has 4 rings (SSSR count). The van der Waals surface area contributed by atoms with E-state index in [9.17, 15) is 14.4 Å². The Morgan fingerprint density at radius 1 is 1.13 bits per heavy atom. The third-order valence-corrected chi connectivity index (χ3v) is 4.79. The Labute approximate surface area is 170 Å². The number of imidazole rings is 1. The molecule has 0 saturated carbocycles. The van der Waals surface area contributed by atoms with E-state index in [0.717, 1.165) is 11.3 Å². The van der Waals surface area contributed by atoms with Crippen LogP contribution in [-0.4, -0.2) is 41.8 Å². The van der Waals surface area contributed by atoms with Crippen LogP contribution in [0.4, 0.5) is 0 Å². The summed E-state index contributed by atoms with van der Waals surface area (Å²) in [5, 5.41) is 7.22. The second-order valence-corrected chi connectivity index (χ2v) is 6.93. The molecule has 154 valence electrons. The van der Waals surface area contributed by atoms with Crippen molar-refractivity contribution in [2.45, 2.75) is 19.3 Å². The highest BCUT2D eigenvalue weighted by Gasteiger charge is 2.12. The van der Waals surface area contributed by atoms with E-state index in [1.54, 1.807) is 10.9 Å². The molecule has 0 atom stereocenters. The number of rotatable bonds is 7. The average molecular weight is 407 g/mol. The zero-order valence-corrected chi connectivity index (χ0v) is 16.4. The van der Waals surface area contributed by atoms with Crippen LogP contribution in [0.25, 0.3) is 16.9 Å². The van der Waals surface area contributed by atoms with E-state index in [0.29, 0.717) is 25.2 Å². The minimum Gasteiger partial charge on any atom is -0.356 e. The average Bonchev–Trinajstić information content (AvgIpc) is 3.39. The zero-order chi connectivity index (χ0) is 21.1. The molecule has 4 aromatic rings. The van der Waals surface area contributed by atoms with Gasteiger partial charge in [0, 0.05) is 32.6 Å². The first-order valence-corrected chi connectivity index (χ1v) is 9.55. The number of aromatic amines is 2. The molecule has 3 heterocycles. The largest absolute Gasteiger partial charge is 0.356 e. The van der Waals surface area contributed by atoms with Gasteiger partial charge in [-0.1, -0.05) is 18.2 Å². The second-order valence-electron chi connectivity index (χ2n) is 6.93. The Bertz CT molecular complexity index is 1300. The molecular weight excluding hydrogens is 386 g/mol. The lowest BCUT2D eigenvalue weighted by atomic mass is 10.2. The van der Waals surface area contributed by atoms with Crippen molar-refractivity contribution in [2.24, 2.45) is 7.05 Å². The van der Waals surface area contributed by atoms with Crippen molar-refractivity contribution in [2.75, 3.05) is 6.54 Å². The maximum absolute atomic E-state index is 12.1. The van der Waals surface area contributed by atoms with Crippen LogP contribution < -0.4 is 16.6 Å². The van der Waals surface area contributed by atoms with E-state index in [1.807, 2.05) is 36.5 Å². The van der Waals surface area contributed by atoms with Gasteiger partial charge < -0.3 is 10.3 Å². The number of carbonyl (C=O) groups is 1. The monoisotopic (exact) mass is 407 g/mol. The minimum absolute atomic E-state index is 0.117. The molecule has 0 aliphatic carbocycles. The molecule has 0 bridgehead atoms. The summed E-state index contributed by atoms with van der Waals surface area (Å²) in [7, 11) is 1.53. The van der Waals surface area contributed by atoms with Crippen molar-refractivity contribution in [3.8, 4) is 5.69 Å². The van der Waals surface area contributed by atoms with Gasteiger partial charge in [-0.15, -0.1) is 0 Å². The molecule has 3 aromatic heterocycles. The summed E-state index contributed by atoms with van der Waals surface area (Å²) < 4.78 is 3.06. The molecule has 1 aromatic carbocycles. The maximum Gasteiger partial charge on any atom is 0.329 e. The molecule has 0 saturated heterocycles. The van der Waals surface area contributed by atoms with Crippen LogP contribution >= 0.6 is 0 Å². The highest BCUT2D eigenvalue weighted by Crippen LogP contribution is 2.08. The van der Waals surface area contributed by atoms with Crippen molar-refractivity contribution < 1.29 is 4.79 Å². The molecular formula is C20H21N7O3. The third kappa shape index (κ3) is 4.07. The normalized spacial score (nSPS) is 11.1. The van der Waals surface area contributed by atoms with Gasteiger partial charge >= 0.3 is 5.69 Å². The van der Waals surface area contributed by atoms with Crippen LogP contribution in [0.2, 0.25) is 0 Å². The number of hydrogen-bond acceptors (Lipinski definition) is 5. The standard InChI is InChI=1S/C20H21N7O3/c1-26-18-17(19(29)25-20(26)30)23-15(24-18)7-8-16(28)21-10-9-13-11-22-27(12-13)14-5-3-2-4-6-14/h2-6,11-12H,7-10H2,1H3,(H,21,28)(H,23,24)(H,25,29,30). The molecule has 0 unspecified atom stereocenters. The van der Waals surface area contributed by atoms with Crippen LogP contribution in [0.15, 0.2) is 52.3 Å². The zero-order valence-electron chi connectivity index (χ0n) is 16.4. The molecule has 0 radical (unpaired) electrons. The van der Waals surface area contributed by atoms with Gasteiger partial charge in [0.25, 0.3) is 5.56 Å². The van der Waals surface area contributed by atoms with Crippen LogP contribution in [-0.2, 0) is 24.7 Å². The number of hydrogen-bond donors (Lipinski definition) is 3.